The molecule has 0 radical (unpaired) electrons. The molecule has 1 aromatic rings. The molecule has 3 nitrogen and oxygen atoms in total. The fourth-order valence-corrected chi connectivity index (χ4v) is 1.97. The van der Waals surface area contributed by atoms with Crippen molar-refractivity contribution in [1.82, 2.24) is 5.32 Å². The molecule has 3 aliphatic rings. The van der Waals surface area contributed by atoms with Gasteiger partial charge in [-0.15, -0.1) is 0 Å². The van der Waals surface area contributed by atoms with Crippen LogP contribution in [0.15, 0.2) is 18.2 Å². The molecule has 16 heavy (non-hydrogen) atoms. The van der Waals surface area contributed by atoms with Gasteiger partial charge in [-0.2, -0.15) is 5.26 Å². The van der Waals surface area contributed by atoms with Gasteiger partial charge in [0.05, 0.1) is 0 Å². The lowest BCUT2D eigenvalue weighted by Gasteiger charge is -2.17. The monoisotopic (exact) mass is 216 g/mol. The number of fused-ring (bicyclic) bond motifs is 2. The molecule has 1 unspecified atom stereocenters. The Labute approximate surface area is 96.0 Å². The maximum absolute atomic E-state index is 8.43. The average molecular weight is 216 g/mol. The molecule has 0 spiro atoms. The molecule has 0 amide bonds. The zero-order valence-corrected chi connectivity index (χ0v) is 9.49. The maximum Gasteiger partial charge on any atom is 0.149 e. The Bertz CT molecular complexity index is 383. The summed E-state index contributed by atoms with van der Waals surface area (Å²) in [5.41, 5.74) is 0.678. The van der Waals surface area contributed by atoms with Crippen LogP contribution in [0.1, 0.15) is 31.7 Å². The van der Waals surface area contributed by atoms with Gasteiger partial charge in [0.1, 0.15) is 23.1 Å². The van der Waals surface area contributed by atoms with Crippen molar-refractivity contribution in [3.8, 4) is 17.6 Å². The minimum Gasteiger partial charge on any atom is -0.454 e. The summed E-state index contributed by atoms with van der Waals surface area (Å²) in [4.78, 5) is 0. The van der Waals surface area contributed by atoms with E-state index in [-0.39, 0.29) is 0 Å². The van der Waals surface area contributed by atoms with Gasteiger partial charge in [-0.1, -0.05) is 13.0 Å². The highest BCUT2D eigenvalue weighted by Crippen LogP contribution is 2.40. The summed E-state index contributed by atoms with van der Waals surface area (Å²) >= 11 is 0. The van der Waals surface area contributed by atoms with Crippen LogP contribution in [0.2, 0.25) is 0 Å². The molecule has 0 saturated carbocycles. The second-order valence-electron chi connectivity index (χ2n) is 4.04. The topological polar surface area (TPSA) is 45.0 Å². The zero-order chi connectivity index (χ0) is 11.4. The summed E-state index contributed by atoms with van der Waals surface area (Å²) in [6.07, 6.45) is 4.09. The molecule has 3 heterocycles. The van der Waals surface area contributed by atoms with Crippen LogP contribution in [0.3, 0.4) is 0 Å². The molecule has 1 saturated heterocycles. The average Bonchev–Trinajstić information content (AvgIpc) is 2.84. The van der Waals surface area contributed by atoms with Crippen LogP contribution in [0.5, 0.6) is 11.5 Å². The number of hydrogen-bond donors (Lipinski definition) is 1. The quantitative estimate of drug-likeness (QED) is 0.797. The van der Waals surface area contributed by atoms with E-state index in [1.54, 1.807) is 12.1 Å². The molecular formula is C13H16N2O. The predicted octanol–water partition coefficient (Wildman–Crippen LogP) is 2.81. The molecule has 84 valence electrons. The maximum atomic E-state index is 8.43. The van der Waals surface area contributed by atoms with Crippen molar-refractivity contribution in [2.24, 2.45) is 0 Å². The summed E-state index contributed by atoms with van der Waals surface area (Å²) in [5.74, 6) is 1.41. The molecule has 1 aromatic carbocycles. The number of rotatable bonds is 1. The SMILES string of the molecule is CCC1CCCN1.N#Cc1c2cccc1O2. The number of nitrogens with one attached hydrogen (secondary N) is 1. The summed E-state index contributed by atoms with van der Waals surface area (Å²) < 4.78 is 5.01. The van der Waals surface area contributed by atoms with Crippen LogP contribution in [-0.4, -0.2) is 12.6 Å². The third-order valence-corrected chi connectivity index (χ3v) is 2.97. The Kier molecular flexibility index (Phi) is 3.43. The molecule has 2 bridgehead atoms. The fourth-order valence-electron chi connectivity index (χ4n) is 1.97. The van der Waals surface area contributed by atoms with Crippen molar-refractivity contribution in [2.75, 3.05) is 6.54 Å². The van der Waals surface area contributed by atoms with Gasteiger partial charge in [-0.3, -0.25) is 0 Å². The number of hydrogen-bond acceptors (Lipinski definition) is 3. The van der Waals surface area contributed by atoms with Crippen LogP contribution >= 0.6 is 0 Å². The van der Waals surface area contributed by atoms with Crippen molar-refractivity contribution in [3.63, 3.8) is 0 Å². The first-order valence-electron chi connectivity index (χ1n) is 5.79. The molecule has 1 atom stereocenters. The number of benzene rings is 1. The number of nitrogens with zero attached hydrogens (tertiary/aromatic N) is 1. The van der Waals surface area contributed by atoms with E-state index in [4.69, 9.17) is 10.00 Å². The van der Waals surface area contributed by atoms with E-state index in [1.807, 2.05) is 12.1 Å². The van der Waals surface area contributed by atoms with E-state index in [2.05, 4.69) is 12.2 Å². The van der Waals surface area contributed by atoms with Crippen LogP contribution in [-0.2, 0) is 0 Å². The summed E-state index contributed by atoms with van der Waals surface area (Å²) in [7, 11) is 0. The molecule has 3 heteroatoms. The van der Waals surface area contributed by atoms with Crippen molar-refractivity contribution < 1.29 is 4.74 Å². The number of nitriles is 1. The second kappa shape index (κ2) is 5.00. The van der Waals surface area contributed by atoms with E-state index >= 15 is 0 Å². The van der Waals surface area contributed by atoms with Gasteiger partial charge in [0.15, 0.2) is 0 Å². The second-order valence-corrected chi connectivity index (χ2v) is 4.04. The summed E-state index contributed by atoms with van der Waals surface area (Å²) in [5, 5.41) is 11.8. The Balaban J connectivity index is 0.000000125. The summed E-state index contributed by atoms with van der Waals surface area (Å²) in [6.45, 7) is 3.49. The van der Waals surface area contributed by atoms with Crippen molar-refractivity contribution in [3.05, 3.63) is 23.8 Å². The van der Waals surface area contributed by atoms with Gasteiger partial charge in [0, 0.05) is 6.04 Å². The van der Waals surface area contributed by atoms with E-state index < -0.39 is 0 Å². The first kappa shape index (κ1) is 11.0. The Morgan fingerprint density at radius 1 is 1.50 bits per heavy atom. The van der Waals surface area contributed by atoms with E-state index in [1.165, 1.54) is 25.8 Å². The van der Waals surface area contributed by atoms with Crippen LogP contribution < -0.4 is 10.1 Å². The zero-order valence-electron chi connectivity index (χ0n) is 9.49. The molecule has 3 aliphatic heterocycles. The molecule has 0 aromatic heterocycles. The number of ether oxygens (including phenoxy) is 1. The van der Waals surface area contributed by atoms with Crippen molar-refractivity contribution in [1.29, 1.82) is 5.26 Å². The van der Waals surface area contributed by atoms with Crippen molar-refractivity contribution >= 4 is 0 Å². The van der Waals surface area contributed by atoms with Crippen LogP contribution in [0.4, 0.5) is 0 Å². The molecule has 0 aliphatic carbocycles. The smallest absolute Gasteiger partial charge is 0.149 e. The molecular weight excluding hydrogens is 200 g/mol. The minimum absolute atomic E-state index is 0.678. The van der Waals surface area contributed by atoms with Gasteiger partial charge in [-0.05, 0) is 37.9 Å². The lowest BCUT2D eigenvalue weighted by molar-refractivity contribution is 0.433. The van der Waals surface area contributed by atoms with Gasteiger partial charge in [0.25, 0.3) is 0 Å². The normalized spacial score (nSPS) is 19.9. The third-order valence-electron chi connectivity index (χ3n) is 2.97. The standard InChI is InChI=1S/C7H3NO.C6H13N/c8-4-5-6-2-1-3-7(5)9-6;1-2-6-4-3-5-7-6/h1-3H;6-7H,2-5H2,1H3. The Hall–Kier alpha value is -1.53. The first-order valence-corrected chi connectivity index (χ1v) is 5.79. The first-order chi connectivity index (χ1) is 7.85. The third kappa shape index (κ3) is 2.17. The lowest BCUT2D eigenvalue weighted by atomic mass is 10.1. The van der Waals surface area contributed by atoms with Gasteiger partial charge in [0.2, 0.25) is 0 Å². The highest BCUT2D eigenvalue weighted by atomic mass is 16.5. The van der Waals surface area contributed by atoms with Gasteiger partial charge in [-0.25, -0.2) is 0 Å². The van der Waals surface area contributed by atoms with E-state index in [0.29, 0.717) is 17.1 Å². The highest BCUT2D eigenvalue weighted by Gasteiger charge is 2.19. The molecule has 1 fully saturated rings. The molecule has 4 rings (SSSR count). The van der Waals surface area contributed by atoms with E-state index in [0.717, 1.165) is 6.04 Å². The van der Waals surface area contributed by atoms with Gasteiger partial charge >= 0.3 is 0 Å². The minimum atomic E-state index is 0.678. The molecule has 1 N–H and O–H groups in total. The lowest BCUT2D eigenvalue weighted by Crippen LogP contribution is -2.19. The van der Waals surface area contributed by atoms with Crippen LogP contribution in [0, 0.1) is 11.3 Å². The Morgan fingerprint density at radius 3 is 2.56 bits per heavy atom. The highest BCUT2D eigenvalue weighted by molar-refractivity contribution is 5.61. The van der Waals surface area contributed by atoms with Crippen LogP contribution in [0.25, 0.3) is 0 Å². The van der Waals surface area contributed by atoms with Gasteiger partial charge < -0.3 is 10.1 Å². The van der Waals surface area contributed by atoms with E-state index in [9.17, 15) is 0 Å². The van der Waals surface area contributed by atoms with Crippen molar-refractivity contribution in [2.45, 2.75) is 32.2 Å². The summed E-state index contributed by atoms with van der Waals surface area (Å²) in [6, 6.07) is 8.32. The fraction of sp³-hybridized carbons (Fsp3) is 0.462. The predicted molar refractivity (Wildman–Crippen MR) is 62.5 cm³/mol. The Morgan fingerprint density at radius 2 is 2.25 bits per heavy atom. The largest absolute Gasteiger partial charge is 0.454 e.